The molecule has 6 nitrogen and oxygen atoms in total. The number of aryl methyl sites for hydroxylation is 2. The number of anilines is 1. The van der Waals surface area contributed by atoms with Gasteiger partial charge in [-0.15, -0.1) is 0 Å². The van der Waals surface area contributed by atoms with Crippen LogP contribution in [0.5, 0.6) is 0 Å². The number of aromatic nitrogens is 2. The third kappa shape index (κ3) is 2.73. The molecular formula is C13H23N5O. The normalized spacial score (nSPS) is 16.9. The van der Waals surface area contributed by atoms with Gasteiger partial charge in [-0.05, 0) is 26.7 Å². The highest BCUT2D eigenvalue weighted by atomic mass is 16.5. The Morgan fingerprint density at radius 1 is 1.47 bits per heavy atom. The summed E-state index contributed by atoms with van der Waals surface area (Å²) in [5.41, 5.74) is 7.27. The van der Waals surface area contributed by atoms with E-state index >= 15 is 0 Å². The van der Waals surface area contributed by atoms with Crippen LogP contribution in [0, 0.1) is 12.3 Å². The fourth-order valence-corrected chi connectivity index (χ4v) is 2.79. The summed E-state index contributed by atoms with van der Waals surface area (Å²) in [6.07, 6.45) is 2.38. The van der Waals surface area contributed by atoms with Gasteiger partial charge in [0.15, 0.2) is 0 Å². The standard InChI is InChI=1S/C13H23N5O/c1-4-19-10-5-7-18(8-6-10)13-11(12(14)15)9(2)16-17(13)3/h10H,4-8H2,1-3H3,(H3,14,15). The summed E-state index contributed by atoms with van der Waals surface area (Å²) in [5.74, 6) is 1.05. The Bertz CT molecular complexity index is 460. The lowest BCUT2D eigenvalue weighted by atomic mass is 10.1. The highest BCUT2D eigenvalue weighted by Crippen LogP contribution is 2.26. The maximum Gasteiger partial charge on any atom is 0.137 e. The van der Waals surface area contributed by atoms with Crippen molar-refractivity contribution in [3.8, 4) is 0 Å². The van der Waals surface area contributed by atoms with E-state index in [2.05, 4.69) is 10.00 Å². The number of hydrogen-bond acceptors (Lipinski definition) is 4. The molecular weight excluding hydrogens is 242 g/mol. The number of nitrogen functional groups attached to an aromatic ring is 1. The Morgan fingerprint density at radius 2 is 2.11 bits per heavy atom. The molecule has 0 unspecified atom stereocenters. The van der Waals surface area contributed by atoms with Crippen molar-refractivity contribution in [2.75, 3.05) is 24.6 Å². The molecule has 0 radical (unpaired) electrons. The molecule has 0 atom stereocenters. The zero-order valence-electron chi connectivity index (χ0n) is 11.9. The first kappa shape index (κ1) is 13.9. The molecule has 0 aliphatic carbocycles. The van der Waals surface area contributed by atoms with Crippen LogP contribution in [0.2, 0.25) is 0 Å². The van der Waals surface area contributed by atoms with E-state index in [9.17, 15) is 0 Å². The number of ether oxygens (including phenoxy) is 1. The maximum absolute atomic E-state index is 7.73. The third-order valence-corrected chi connectivity index (χ3v) is 3.61. The van der Waals surface area contributed by atoms with Gasteiger partial charge in [-0.1, -0.05) is 0 Å². The van der Waals surface area contributed by atoms with Gasteiger partial charge in [-0.25, -0.2) is 0 Å². The first-order valence-corrected chi connectivity index (χ1v) is 6.79. The van der Waals surface area contributed by atoms with Gasteiger partial charge in [-0.2, -0.15) is 5.10 Å². The van der Waals surface area contributed by atoms with Crippen LogP contribution in [-0.2, 0) is 11.8 Å². The van der Waals surface area contributed by atoms with Crippen molar-refractivity contribution in [2.24, 2.45) is 12.8 Å². The highest BCUT2D eigenvalue weighted by Gasteiger charge is 2.25. The fourth-order valence-electron chi connectivity index (χ4n) is 2.79. The first-order valence-electron chi connectivity index (χ1n) is 6.79. The number of rotatable bonds is 4. The summed E-state index contributed by atoms with van der Waals surface area (Å²) in [7, 11) is 1.91. The molecule has 6 heteroatoms. The zero-order valence-corrected chi connectivity index (χ0v) is 11.9. The maximum atomic E-state index is 7.73. The largest absolute Gasteiger partial charge is 0.384 e. The van der Waals surface area contributed by atoms with Gasteiger partial charge in [0, 0.05) is 26.7 Å². The van der Waals surface area contributed by atoms with Crippen LogP contribution in [0.4, 0.5) is 5.82 Å². The molecule has 1 aliphatic heterocycles. The van der Waals surface area contributed by atoms with Crippen LogP contribution < -0.4 is 10.6 Å². The van der Waals surface area contributed by atoms with E-state index in [0.29, 0.717) is 6.10 Å². The Hall–Kier alpha value is -1.56. The van der Waals surface area contributed by atoms with Crippen molar-refractivity contribution in [3.05, 3.63) is 11.3 Å². The van der Waals surface area contributed by atoms with E-state index in [-0.39, 0.29) is 5.84 Å². The second-order valence-corrected chi connectivity index (χ2v) is 4.96. The van der Waals surface area contributed by atoms with Crippen LogP contribution >= 0.6 is 0 Å². The molecule has 1 aliphatic rings. The SMILES string of the molecule is CCOC1CCN(c2c(C(=N)N)c(C)nn2C)CC1. The van der Waals surface area contributed by atoms with E-state index in [4.69, 9.17) is 15.9 Å². The smallest absolute Gasteiger partial charge is 0.137 e. The van der Waals surface area contributed by atoms with Crippen molar-refractivity contribution in [3.63, 3.8) is 0 Å². The zero-order chi connectivity index (χ0) is 14.0. The van der Waals surface area contributed by atoms with Crippen LogP contribution in [0.25, 0.3) is 0 Å². The monoisotopic (exact) mass is 265 g/mol. The molecule has 0 bridgehead atoms. The molecule has 0 saturated carbocycles. The summed E-state index contributed by atoms with van der Waals surface area (Å²) >= 11 is 0. The van der Waals surface area contributed by atoms with Gasteiger partial charge in [0.1, 0.15) is 11.7 Å². The summed E-state index contributed by atoms with van der Waals surface area (Å²) < 4.78 is 7.49. The second kappa shape index (κ2) is 5.61. The minimum atomic E-state index is 0.0903. The number of nitrogens with two attached hydrogens (primary N) is 1. The Labute approximate surface area is 114 Å². The number of nitrogens with zero attached hydrogens (tertiary/aromatic N) is 3. The molecule has 1 aromatic heterocycles. The topological polar surface area (TPSA) is 80.2 Å². The third-order valence-electron chi connectivity index (χ3n) is 3.61. The van der Waals surface area contributed by atoms with E-state index in [1.165, 1.54) is 0 Å². The summed E-state index contributed by atoms with van der Waals surface area (Å²) in [5, 5.41) is 12.1. The van der Waals surface area contributed by atoms with Gasteiger partial charge in [0.05, 0.1) is 17.4 Å². The molecule has 0 aromatic carbocycles. The lowest BCUT2D eigenvalue weighted by Crippen LogP contribution is -2.39. The van der Waals surface area contributed by atoms with Crippen molar-refractivity contribution in [1.82, 2.24) is 9.78 Å². The molecule has 1 saturated heterocycles. The van der Waals surface area contributed by atoms with Crippen molar-refractivity contribution < 1.29 is 4.74 Å². The average Bonchev–Trinajstić information content (AvgIpc) is 2.66. The molecule has 2 rings (SSSR count). The summed E-state index contributed by atoms with van der Waals surface area (Å²) in [4.78, 5) is 2.26. The Kier molecular flexibility index (Phi) is 4.09. The van der Waals surface area contributed by atoms with Crippen LogP contribution in [0.1, 0.15) is 31.0 Å². The quantitative estimate of drug-likeness (QED) is 0.629. The summed E-state index contributed by atoms with van der Waals surface area (Å²) in [6.45, 7) is 6.54. The molecule has 106 valence electrons. The Balaban J connectivity index is 2.17. The van der Waals surface area contributed by atoms with E-state index in [1.807, 2.05) is 25.6 Å². The second-order valence-electron chi connectivity index (χ2n) is 4.96. The van der Waals surface area contributed by atoms with Crippen LogP contribution in [-0.4, -0.2) is 41.4 Å². The van der Waals surface area contributed by atoms with Crippen molar-refractivity contribution in [1.29, 1.82) is 5.41 Å². The van der Waals surface area contributed by atoms with Crippen molar-refractivity contribution in [2.45, 2.75) is 32.8 Å². The molecule has 2 heterocycles. The average molecular weight is 265 g/mol. The van der Waals surface area contributed by atoms with Crippen LogP contribution in [0.15, 0.2) is 0 Å². The summed E-state index contributed by atoms with van der Waals surface area (Å²) in [6, 6.07) is 0. The predicted octanol–water partition coefficient (Wildman–Crippen LogP) is 1.02. The van der Waals surface area contributed by atoms with E-state index in [1.54, 1.807) is 0 Å². The molecule has 1 aromatic rings. The van der Waals surface area contributed by atoms with Crippen molar-refractivity contribution >= 4 is 11.7 Å². The van der Waals surface area contributed by atoms with E-state index < -0.39 is 0 Å². The Morgan fingerprint density at radius 3 is 2.63 bits per heavy atom. The molecule has 3 N–H and O–H groups in total. The first-order chi connectivity index (χ1) is 9.04. The van der Waals surface area contributed by atoms with Gasteiger partial charge in [0.25, 0.3) is 0 Å². The highest BCUT2D eigenvalue weighted by molar-refractivity contribution is 6.00. The predicted molar refractivity (Wildman–Crippen MR) is 75.8 cm³/mol. The van der Waals surface area contributed by atoms with E-state index in [0.717, 1.165) is 49.6 Å². The number of hydrogen-bond donors (Lipinski definition) is 2. The minimum Gasteiger partial charge on any atom is -0.384 e. The van der Waals surface area contributed by atoms with Gasteiger partial charge >= 0.3 is 0 Å². The number of nitrogens with one attached hydrogen (secondary N) is 1. The molecule has 0 amide bonds. The molecule has 19 heavy (non-hydrogen) atoms. The lowest BCUT2D eigenvalue weighted by molar-refractivity contribution is 0.0457. The molecule has 0 spiro atoms. The van der Waals surface area contributed by atoms with Gasteiger partial charge in [-0.3, -0.25) is 10.1 Å². The fraction of sp³-hybridized carbons (Fsp3) is 0.692. The number of piperidine rings is 1. The lowest BCUT2D eigenvalue weighted by Gasteiger charge is -2.33. The van der Waals surface area contributed by atoms with Crippen LogP contribution in [0.3, 0.4) is 0 Å². The number of amidine groups is 1. The van der Waals surface area contributed by atoms with Gasteiger partial charge < -0.3 is 15.4 Å². The molecule has 1 fully saturated rings. The van der Waals surface area contributed by atoms with Gasteiger partial charge in [0.2, 0.25) is 0 Å². The minimum absolute atomic E-state index is 0.0903.